The Morgan fingerprint density at radius 2 is 1.88 bits per heavy atom. The van der Waals surface area contributed by atoms with Crippen molar-refractivity contribution in [3.63, 3.8) is 0 Å². The largest absolute Gasteiger partial charge is 0.394 e. The SMILES string of the molecule is CN(C)C(CNC(=O)NC1(CO)CCCC1)c1c(F)cccc1F. The van der Waals surface area contributed by atoms with Gasteiger partial charge in [0.05, 0.1) is 18.2 Å². The lowest BCUT2D eigenvalue weighted by Crippen LogP contribution is -2.53. The highest BCUT2D eigenvalue weighted by Crippen LogP contribution is 2.29. The molecule has 0 heterocycles. The number of halogens is 2. The van der Waals surface area contributed by atoms with E-state index in [0.29, 0.717) is 0 Å². The molecular formula is C17H25F2N3O2. The van der Waals surface area contributed by atoms with Crippen LogP contribution in [0.1, 0.15) is 37.3 Å². The summed E-state index contributed by atoms with van der Waals surface area (Å²) in [6, 6.07) is 2.65. The van der Waals surface area contributed by atoms with Crippen molar-refractivity contribution >= 4 is 6.03 Å². The molecule has 0 saturated heterocycles. The second-order valence-corrected chi connectivity index (χ2v) is 6.60. The summed E-state index contributed by atoms with van der Waals surface area (Å²) in [6.07, 6.45) is 3.38. The number of nitrogens with one attached hydrogen (secondary N) is 2. The minimum atomic E-state index is -0.640. The Bertz CT molecular complexity index is 555. The molecule has 0 bridgehead atoms. The minimum Gasteiger partial charge on any atom is -0.394 e. The number of carbonyl (C=O) groups is 1. The lowest BCUT2D eigenvalue weighted by atomic mass is 9.99. The summed E-state index contributed by atoms with van der Waals surface area (Å²) in [6.45, 7) is -0.0579. The normalized spacial score (nSPS) is 17.8. The van der Waals surface area contributed by atoms with Crippen LogP contribution >= 0.6 is 0 Å². The van der Waals surface area contributed by atoms with Crippen LogP contribution in [0.3, 0.4) is 0 Å². The Labute approximate surface area is 141 Å². The Kier molecular flexibility index (Phi) is 6.12. The van der Waals surface area contributed by atoms with Gasteiger partial charge in [-0.25, -0.2) is 13.6 Å². The molecule has 1 aromatic carbocycles. The second kappa shape index (κ2) is 7.90. The molecule has 0 spiro atoms. The van der Waals surface area contributed by atoms with E-state index in [0.717, 1.165) is 25.7 Å². The number of rotatable bonds is 6. The summed E-state index contributed by atoms with van der Waals surface area (Å²) < 4.78 is 28.0. The highest BCUT2D eigenvalue weighted by atomic mass is 19.1. The first kappa shape index (κ1) is 18.6. The fourth-order valence-corrected chi connectivity index (χ4v) is 3.22. The van der Waals surface area contributed by atoms with Crippen LogP contribution in [0.15, 0.2) is 18.2 Å². The monoisotopic (exact) mass is 341 g/mol. The lowest BCUT2D eigenvalue weighted by Gasteiger charge is -2.30. The Balaban J connectivity index is 2.03. The first-order valence-electron chi connectivity index (χ1n) is 8.16. The minimum absolute atomic E-state index is 0.0538. The van der Waals surface area contributed by atoms with Crippen molar-refractivity contribution < 1.29 is 18.7 Å². The summed E-state index contributed by atoms with van der Waals surface area (Å²) in [4.78, 5) is 13.8. The summed E-state index contributed by atoms with van der Waals surface area (Å²) in [5.41, 5.74) is -0.651. The van der Waals surface area contributed by atoms with Crippen LogP contribution in [0.5, 0.6) is 0 Å². The van der Waals surface area contributed by atoms with Gasteiger partial charge in [0.2, 0.25) is 0 Å². The van der Waals surface area contributed by atoms with Gasteiger partial charge < -0.3 is 20.6 Å². The van der Waals surface area contributed by atoms with Gasteiger partial charge in [-0.05, 0) is 39.1 Å². The third-order valence-electron chi connectivity index (χ3n) is 4.65. The predicted octanol–water partition coefficient (Wildman–Crippen LogP) is 2.17. The highest BCUT2D eigenvalue weighted by Gasteiger charge is 2.34. The molecule has 1 atom stereocenters. The molecule has 1 unspecified atom stereocenters. The highest BCUT2D eigenvalue weighted by molar-refractivity contribution is 5.75. The fraction of sp³-hybridized carbons (Fsp3) is 0.588. The van der Waals surface area contributed by atoms with E-state index in [9.17, 15) is 18.7 Å². The number of likely N-dealkylation sites (N-methyl/N-ethyl adjacent to an activating group) is 1. The zero-order valence-electron chi connectivity index (χ0n) is 14.1. The van der Waals surface area contributed by atoms with Crippen molar-refractivity contribution in [3.05, 3.63) is 35.4 Å². The zero-order chi connectivity index (χ0) is 17.7. The van der Waals surface area contributed by atoms with Crippen LogP contribution in [0.2, 0.25) is 0 Å². The molecule has 0 radical (unpaired) electrons. The van der Waals surface area contributed by atoms with Crippen molar-refractivity contribution in [2.24, 2.45) is 0 Å². The molecule has 2 amide bonds. The van der Waals surface area contributed by atoms with E-state index in [1.807, 2.05) is 0 Å². The Hall–Kier alpha value is -1.73. The number of hydrogen-bond acceptors (Lipinski definition) is 3. The summed E-state index contributed by atoms with van der Waals surface area (Å²) in [5.74, 6) is -1.28. The van der Waals surface area contributed by atoms with Crippen molar-refractivity contribution in [1.29, 1.82) is 0 Å². The van der Waals surface area contributed by atoms with Gasteiger partial charge in [-0.1, -0.05) is 18.9 Å². The summed E-state index contributed by atoms with van der Waals surface area (Å²) in [5, 5.41) is 15.0. The number of urea groups is 1. The van der Waals surface area contributed by atoms with E-state index in [1.165, 1.54) is 18.2 Å². The lowest BCUT2D eigenvalue weighted by molar-refractivity contribution is 0.161. The molecule has 1 aliphatic carbocycles. The molecule has 24 heavy (non-hydrogen) atoms. The van der Waals surface area contributed by atoms with Crippen LogP contribution < -0.4 is 10.6 Å². The van der Waals surface area contributed by atoms with Crippen molar-refractivity contribution in [2.75, 3.05) is 27.2 Å². The first-order chi connectivity index (χ1) is 11.4. The molecule has 7 heteroatoms. The summed E-state index contributed by atoms with van der Waals surface area (Å²) >= 11 is 0. The molecule has 1 aromatic rings. The number of hydrogen-bond donors (Lipinski definition) is 3. The molecule has 3 N–H and O–H groups in total. The van der Waals surface area contributed by atoms with Crippen molar-refractivity contribution in [1.82, 2.24) is 15.5 Å². The average molecular weight is 341 g/mol. The fourth-order valence-electron chi connectivity index (χ4n) is 3.22. The molecule has 0 aliphatic heterocycles. The van der Waals surface area contributed by atoms with E-state index < -0.39 is 29.2 Å². The van der Waals surface area contributed by atoms with Crippen molar-refractivity contribution in [3.8, 4) is 0 Å². The summed E-state index contributed by atoms with van der Waals surface area (Å²) in [7, 11) is 3.39. The molecule has 0 aromatic heterocycles. The standard InChI is InChI=1S/C17H25F2N3O2/c1-22(2)14(15-12(18)6-5-7-13(15)19)10-20-16(24)21-17(11-23)8-3-4-9-17/h5-7,14,23H,3-4,8-11H2,1-2H3,(H2,20,21,24). The van der Waals surface area contributed by atoms with E-state index in [1.54, 1.807) is 19.0 Å². The number of aliphatic hydroxyl groups excluding tert-OH is 1. The first-order valence-corrected chi connectivity index (χ1v) is 8.16. The van der Waals surface area contributed by atoms with Gasteiger partial charge in [0, 0.05) is 12.1 Å². The number of aliphatic hydroxyl groups is 1. The van der Waals surface area contributed by atoms with Gasteiger partial charge in [0.25, 0.3) is 0 Å². The molecule has 5 nitrogen and oxygen atoms in total. The smallest absolute Gasteiger partial charge is 0.315 e. The van der Waals surface area contributed by atoms with Crippen LogP contribution in [-0.4, -0.2) is 48.8 Å². The van der Waals surface area contributed by atoms with E-state index in [-0.39, 0.29) is 18.7 Å². The van der Waals surface area contributed by atoms with Gasteiger partial charge in [-0.2, -0.15) is 0 Å². The van der Waals surface area contributed by atoms with Gasteiger partial charge in [-0.15, -0.1) is 0 Å². The van der Waals surface area contributed by atoms with Gasteiger partial charge >= 0.3 is 6.03 Å². The van der Waals surface area contributed by atoms with Gasteiger partial charge in [0.1, 0.15) is 11.6 Å². The van der Waals surface area contributed by atoms with E-state index in [2.05, 4.69) is 10.6 Å². The maximum Gasteiger partial charge on any atom is 0.315 e. The molecule has 1 fully saturated rings. The zero-order valence-corrected chi connectivity index (χ0v) is 14.1. The number of benzene rings is 1. The molecular weight excluding hydrogens is 316 g/mol. The third-order valence-corrected chi connectivity index (χ3v) is 4.65. The maximum atomic E-state index is 14.0. The molecule has 2 rings (SSSR count). The quantitative estimate of drug-likeness (QED) is 0.743. The van der Waals surface area contributed by atoms with Crippen molar-refractivity contribution in [2.45, 2.75) is 37.3 Å². The maximum absolute atomic E-state index is 14.0. The van der Waals surface area contributed by atoms with E-state index in [4.69, 9.17) is 0 Å². The number of carbonyl (C=O) groups excluding carboxylic acids is 1. The van der Waals surface area contributed by atoms with Crippen LogP contribution in [-0.2, 0) is 0 Å². The van der Waals surface area contributed by atoms with Crippen LogP contribution in [0, 0.1) is 11.6 Å². The molecule has 1 aliphatic rings. The van der Waals surface area contributed by atoms with E-state index >= 15 is 0 Å². The van der Waals surface area contributed by atoms with Gasteiger partial charge in [0.15, 0.2) is 0 Å². The molecule has 134 valence electrons. The topological polar surface area (TPSA) is 64.6 Å². The van der Waals surface area contributed by atoms with Crippen LogP contribution in [0.4, 0.5) is 13.6 Å². The second-order valence-electron chi connectivity index (χ2n) is 6.60. The van der Waals surface area contributed by atoms with Gasteiger partial charge in [-0.3, -0.25) is 0 Å². The molecule has 1 saturated carbocycles. The Morgan fingerprint density at radius 1 is 1.29 bits per heavy atom. The number of nitrogens with zero attached hydrogens (tertiary/aromatic N) is 1. The number of amides is 2. The third kappa shape index (κ3) is 4.21. The Morgan fingerprint density at radius 3 is 2.38 bits per heavy atom. The predicted molar refractivity (Wildman–Crippen MR) is 87.6 cm³/mol. The van der Waals surface area contributed by atoms with Crippen LogP contribution in [0.25, 0.3) is 0 Å². The average Bonchev–Trinajstić information content (AvgIpc) is 2.98.